The normalized spacial score (nSPS) is 20.9. The summed E-state index contributed by atoms with van der Waals surface area (Å²) >= 11 is 0. The molecule has 1 aliphatic rings. The van der Waals surface area contributed by atoms with Gasteiger partial charge < -0.3 is 10.2 Å². The fourth-order valence-electron chi connectivity index (χ4n) is 2.25. The minimum absolute atomic E-state index is 0.0508. The van der Waals surface area contributed by atoms with E-state index in [2.05, 4.69) is 4.72 Å². The minimum atomic E-state index is -3.57. The van der Waals surface area contributed by atoms with Crippen molar-refractivity contribution in [3.05, 3.63) is 0 Å². The number of unbranched alkanes of at least 4 members (excludes halogenated alkanes) is 3. The molecule has 1 unspecified atom stereocenters. The summed E-state index contributed by atoms with van der Waals surface area (Å²) in [7, 11) is -3.57. The van der Waals surface area contributed by atoms with Crippen molar-refractivity contribution >= 4 is 16.2 Å². The molecule has 0 spiro atoms. The van der Waals surface area contributed by atoms with Gasteiger partial charge in [0, 0.05) is 26.2 Å². The van der Waals surface area contributed by atoms with Crippen LogP contribution in [0.4, 0.5) is 0 Å². The Kier molecular flexibility index (Phi) is 7.42. The number of carboxylic acid groups (broad SMARTS) is 1. The lowest BCUT2D eigenvalue weighted by Gasteiger charge is -2.29. The van der Waals surface area contributed by atoms with Gasteiger partial charge in [-0.1, -0.05) is 12.8 Å². The fourth-order valence-corrected chi connectivity index (χ4v) is 3.58. The Balaban J connectivity index is 2.34. The second kappa shape index (κ2) is 8.56. The highest BCUT2D eigenvalue weighted by molar-refractivity contribution is 7.87. The average Bonchev–Trinajstić information content (AvgIpc) is 2.43. The molecule has 0 aromatic heterocycles. The van der Waals surface area contributed by atoms with Gasteiger partial charge in [-0.15, -0.1) is 0 Å². The van der Waals surface area contributed by atoms with Gasteiger partial charge in [0.1, 0.15) is 0 Å². The highest BCUT2D eigenvalue weighted by atomic mass is 32.2. The van der Waals surface area contributed by atoms with Gasteiger partial charge in [0.05, 0.1) is 5.92 Å². The van der Waals surface area contributed by atoms with Gasteiger partial charge in [-0.3, -0.25) is 4.79 Å². The van der Waals surface area contributed by atoms with E-state index in [1.807, 2.05) is 0 Å². The number of carboxylic acids is 1. The molecule has 0 amide bonds. The van der Waals surface area contributed by atoms with Crippen LogP contribution in [0.3, 0.4) is 0 Å². The Hall–Kier alpha value is -0.700. The van der Waals surface area contributed by atoms with E-state index in [0.29, 0.717) is 25.9 Å². The van der Waals surface area contributed by atoms with Crippen LogP contribution in [0.2, 0.25) is 0 Å². The molecule has 3 N–H and O–H groups in total. The molecular weight excluding hydrogens is 284 g/mol. The zero-order chi connectivity index (χ0) is 15.0. The molecule has 1 fully saturated rings. The van der Waals surface area contributed by atoms with Gasteiger partial charge in [0.25, 0.3) is 10.2 Å². The van der Waals surface area contributed by atoms with Crippen LogP contribution >= 0.6 is 0 Å². The van der Waals surface area contributed by atoms with Gasteiger partial charge in [0.15, 0.2) is 0 Å². The second-order valence-corrected chi connectivity index (χ2v) is 6.83. The van der Waals surface area contributed by atoms with Crippen molar-refractivity contribution in [2.75, 3.05) is 26.2 Å². The third kappa shape index (κ3) is 5.74. The third-order valence-corrected chi connectivity index (χ3v) is 5.02. The number of hydrogen-bond acceptors (Lipinski definition) is 4. The van der Waals surface area contributed by atoms with E-state index in [4.69, 9.17) is 10.2 Å². The number of aliphatic hydroxyl groups excluding tert-OH is 1. The van der Waals surface area contributed by atoms with Crippen molar-refractivity contribution in [2.24, 2.45) is 5.92 Å². The summed E-state index contributed by atoms with van der Waals surface area (Å²) in [6.07, 6.45) is 4.30. The number of piperidine rings is 1. The number of rotatable bonds is 9. The summed E-state index contributed by atoms with van der Waals surface area (Å²) in [4.78, 5) is 10.9. The van der Waals surface area contributed by atoms with Crippen LogP contribution in [-0.2, 0) is 15.0 Å². The van der Waals surface area contributed by atoms with E-state index in [-0.39, 0.29) is 13.2 Å². The largest absolute Gasteiger partial charge is 0.481 e. The molecule has 8 heteroatoms. The molecular formula is C12H24N2O5S. The number of hydrogen-bond donors (Lipinski definition) is 3. The lowest BCUT2D eigenvalue weighted by molar-refractivity contribution is -0.142. The van der Waals surface area contributed by atoms with Crippen LogP contribution in [0.15, 0.2) is 0 Å². The quantitative estimate of drug-likeness (QED) is 0.526. The summed E-state index contributed by atoms with van der Waals surface area (Å²) in [6, 6.07) is 0. The van der Waals surface area contributed by atoms with E-state index < -0.39 is 22.1 Å². The Morgan fingerprint density at radius 3 is 2.60 bits per heavy atom. The Labute approximate surface area is 120 Å². The van der Waals surface area contributed by atoms with Gasteiger partial charge in [0.2, 0.25) is 0 Å². The van der Waals surface area contributed by atoms with Crippen molar-refractivity contribution in [3.8, 4) is 0 Å². The molecule has 1 rings (SSSR count). The minimum Gasteiger partial charge on any atom is -0.481 e. The maximum atomic E-state index is 12.0. The SMILES string of the molecule is O=C(O)C1CCCN(S(=O)(=O)NCCCCCCO)C1. The molecule has 1 atom stereocenters. The lowest BCUT2D eigenvalue weighted by Crippen LogP contribution is -2.47. The summed E-state index contributed by atoms with van der Waals surface area (Å²) in [5, 5.41) is 17.6. The van der Waals surface area contributed by atoms with Gasteiger partial charge in [-0.2, -0.15) is 12.7 Å². The van der Waals surface area contributed by atoms with Crippen LogP contribution in [-0.4, -0.2) is 55.1 Å². The summed E-state index contributed by atoms with van der Waals surface area (Å²) in [6.45, 7) is 0.941. The molecule has 7 nitrogen and oxygen atoms in total. The van der Waals surface area contributed by atoms with Gasteiger partial charge in [-0.05, 0) is 25.7 Å². The molecule has 1 aliphatic heterocycles. The number of nitrogens with one attached hydrogen (secondary N) is 1. The fraction of sp³-hybridized carbons (Fsp3) is 0.917. The van der Waals surface area contributed by atoms with E-state index in [0.717, 1.165) is 25.7 Å². The number of nitrogens with zero attached hydrogens (tertiary/aromatic N) is 1. The third-order valence-electron chi connectivity index (χ3n) is 3.44. The standard InChI is InChI=1S/C12H24N2O5S/c15-9-4-2-1-3-7-13-20(18,19)14-8-5-6-11(10-14)12(16)17/h11,13,15H,1-10H2,(H,16,17). The van der Waals surface area contributed by atoms with Crippen LogP contribution in [0.25, 0.3) is 0 Å². The first-order valence-corrected chi connectivity index (χ1v) is 8.50. The predicted octanol–water partition coefficient (Wildman–Crippen LogP) is 0.170. The molecule has 1 saturated heterocycles. The highest BCUT2D eigenvalue weighted by Crippen LogP contribution is 2.18. The van der Waals surface area contributed by atoms with Crippen molar-refractivity contribution in [1.29, 1.82) is 0 Å². The smallest absolute Gasteiger partial charge is 0.307 e. The zero-order valence-electron chi connectivity index (χ0n) is 11.6. The van der Waals surface area contributed by atoms with Gasteiger partial charge >= 0.3 is 5.97 Å². The summed E-state index contributed by atoms with van der Waals surface area (Å²) in [5.41, 5.74) is 0. The van der Waals surface area contributed by atoms with E-state index >= 15 is 0 Å². The number of aliphatic hydroxyl groups is 1. The molecule has 20 heavy (non-hydrogen) atoms. The predicted molar refractivity (Wildman–Crippen MR) is 74.4 cm³/mol. The van der Waals surface area contributed by atoms with Crippen molar-refractivity contribution in [2.45, 2.75) is 38.5 Å². The Bertz CT molecular complexity index is 399. The van der Waals surface area contributed by atoms with Gasteiger partial charge in [-0.25, -0.2) is 4.72 Å². The van der Waals surface area contributed by atoms with Crippen molar-refractivity contribution in [3.63, 3.8) is 0 Å². The Morgan fingerprint density at radius 1 is 1.25 bits per heavy atom. The van der Waals surface area contributed by atoms with Crippen LogP contribution in [0, 0.1) is 5.92 Å². The molecule has 0 aromatic rings. The maximum Gasteiger partial charge on any atom is 0.307 e. The lowest BCUT2D eigenvalue weighted by atomic mass is 10.0. The Morgan fingerprint density at radius 2 is 1.95 bits per heavy atom. The number of aliphatic carboxylic acids is 1. The van der Waals surface area contributed by atoms with Crippen molar-refractivity contribution in [1.82, 2.24) is 9.03 Å². The van der Waals surface area contributed by atoms with Crippen LogP contribution in [0.1, 0.15) is 38.5 Å². The summed E-state index contributed by atoms with van der Waals surface area (Å²) in [5.74, 6) is -1.54. The molecule has 0 saturated carbocycles. The average molecular weight is 308 g/mol. The molecule has 0 bridgehead atoms. The maximum absolute atomic E-state index is 12.0. The molecule has 0 aliphatic carbocycles. The number of carbonyl (C=O) groups is 1. The molecule has 118 valence electrons. The first-order chi connectivity index (χ1) is 9.47. The molecule has 1 heterocycles. The van der Waals surface area contributed by atoms with Crippen LogP contribution < -0.4 is 4.72 Å². The molecule has 0 aromatic carbocycles. The summed E-state index contributed by atoms with van der Waals surface area (Å²) < 4.78 is 27.8. The van der Waals surface area contributed by atoms with E-state index in [1.54, 1.807) is 0 Å². The zero-order valence-corrected chi connectivity index (χ0v) is 12.4. The highest BCUT2D eigenvalue weighted by Gasteiger charge is 2.31. The van der Waals surface area contributed by atoms with E-state index in [9.17, 15) is 13.2 Å². The topological polar surface area (TPSA) is 107 Å². The van der Waals surface area contributed by atoms with Crippen LogP contribution in [0.5, 0.6) is 0 Å². The molecule has 0 radical (unpaired) electrons. The first kappa shape index (κ1) is 17.4. The first-order valence-electron chi connectivity index (χ1n) is 7.06. The van der Waals surface area contributed by atoms with E-state index in [1.165, 1.54) is 4.31 Å². The van der Waals surface area contributed by atoms with Crippen molar-refractivity contribution < 1.29 is 23.4 Å². The monoisotopic (exact) mass is 308 g/mol. The second-order valence-electron chi connectivity index (χ2n) is 5.07.